The fourth-order valence-electron chi connectivity index (χ4n) is 3.11. The lowest BCUT2D eigenvalue weighted by atomic mass is 10.3. The van der Waals surface area contributed by atoms with Gasteiger partial charge in [0.05, 0.1) is 0 Å². The van der Waals surface area contributed by atoms with Gasteiger partial charge in [0.15, 0.2) is 11.6 Å². The molecule has 0 unspecified atom stereocenters. The number of hydrogen-bond acceptors (Lipinski definition) is 7. The first-order valence-corrected chi connectivity index (χ1v) is 10.4. The van der Waals surface area contributed by atoms with Gasteiger partial charge in [-0.15, -0.1) is 21.5 Å². The van der Waals surface area contributed by atoms with E-state index in [0.29, 0.717) is 18.9 Å². The molecule has 1 aliphatic heterocycles. The molecule has 4 heterocycles. The number of hydrogen-bond donors (Lipinski definition) is 1. The van der Waals surface area contributed by atoms with E-state index >= 15 is 0 Å². The summed E-state index contributed by atoms with van der Waals surface area (Å²) in [5.74, 6) is 2.26. The predicted molar refractivity (Wildman–Crippen MR) is 116 cm³/mol. The van der Waals surface area contributed by atoms with Crippen molar-refractivity contribution in [3.8, 4) is 0 Å². The lowest BCUT2D eigenvalue weighted by Gasteiger charge is -2.34. The average molecular weight is 407 g/mol. The van der Waals surface area contributed by atoms with Crippen LogP contribution in [-0.4, -0.2) is 52.2 Å². The van der Waals surface area contributed by atoms with Crippen LogP contribution in [0.5, 0.6) is 0 Å². The SMILES string of the molecule is Cc1cccc(Nc2ccc(N3CCN(C(=O)/C=C/c4cccs4)CC3)nn2)n1. The van der Waals surface area contributed by atoms with Gasteiger partial charge in [0.1, 0.15) is 5.82 Å². The minimum atomic E-state index is 0.0503. The number of anilines is 3. The number of pyridine rings is 1. The monoisotopic (exact) mass is 406 g/mol. The van der Waals surface area contributed by atoms with E-state index in [0.717, 1.165) is 35.3 Å². The molecule has 0 saturated carbocycles. The van der Waals surface area contributed by atoms with Gasteiger partial charge in [-0.05, 0) is 48.7 Å². The maximum absolute atomic E-state index is 12.4. The number of nitrogens with zero attached hydrogens (tertiary/aromatic N) is 5. The molecule has 148 valence electrons. The highest BCUT2D eigenvalue weighted by Crippen LogP contribution is 2.17. The summed E-state index contributed by atoms with van der Waals surface area (Å²) in [5, 5.41) is 13.7. The summed E-state index contributed by atoms with van der Waals surface area (Å²) in [6.07, 6.45) is 3.53. The van der Waals surface area contributed by atoms with Crippen LogP contribution in [0, 0.1) is 6.92 Å². The highest BCUT2D eigenvalue weighted by atomic mass is 32.1. The van der Waals surface area contributed by atoms with Crippen molar-refractivity contribution in [2.45, 2.75) is 6.92 Å². The molecule has 4 rings (SSSR count). The fourth-order valence-corrected chi connectivity index (χ4v) is 3.72. The van der Waals surface area contributed by atoms with E-state index in [-0.39, 0.29) is 5.91 Å². The first-order valence-electron chi connectivity index (χ1n) is 9.47. The minimum absolute atomic E-state index is 0.0503. The van der Waals surface area contributed by atoms with Gasteiger partial charge in [-0.25, -0.2) is 4.98 Å². The molecule has 3 aromatic heterocycles. The first-order chi connectivity index (χ1) is 14.2. The number of thiophene rings is 1. The van der Waals surface area contributed by atoms with Gasteiger partial charge in [-0.2, -0.15) is 0 Å². The van der Waals surface area contributed by atoms with Crippen molar-refractivity contribution in [1.82, 2.24) is 20.1 Å². The molecule has 0 atom stereocenters. The van der Waals surface area contributed by atoms with E-state index in [1.807, 2.05) is 65.7 Å². The number of rotatable bonds is 5. The predicted octanol–water partition coefficient (Wildman–Crippen LogP) is 3.35. The van der Waals surface area contributed by atoms with Crippen LogP contribution < -0.4 is 10.2 Å². The number of aromatic nitrogens is 3. The summed E-state index contributed by atoms with van der Waals surface area (Å²) in [5.41, 5.74) is 0.942. The maximum atomic E-state index is 12.4. The van der Waals surface area contributed by atoms with Gasteiger partial charge in [0, 0.05) is 42.8 Å². The molecule has 1 saturated heterocycles. The van der Waals surface area contributed by atoms with Gasteiger partial charge in [-0.3, -0.25) is 4.79 Å². The summed E-state index contributed by atoms with van der Waals surface area (Å²) < 4.78 is 0. The molecule has 0 spiro atoms. The summed E-state index contributed by atoms with van der Waals surface area (Å²) in [7, 11) is 0. The first kappa shape index (κ1) is 19.1. The number of amides is 1. The molecule has 1 amide bonds. The highest BCUT2D eigenvalue weighted by molar-refractivity contribution is 7.10. The van der Waals surface area contributed by atoms with Crippen LogP contribution in [0.1, 0.15) is 10.6 Å². The summed E-state index contributed by atoms with van der Waals surface area (Å²) in [6, 6.07) is 13.6. The van der Waals surface area contributed by atoms with Gasteiger partial charge in [-0.1, -0.05) is 12.1 Å². The Morgan fingerprint density at radius 3 is 2.59 bits per heavy atom. The fraction of sp³-hybridized carbons (Fsp3) is 0.238. The van der Waals surface area contributed by atoms with Crippen LogP contribution in [0.4, 0.5) is 17.5 Å². The molecule has 1 fully saturated rings. The van der Waals surface area contributed by atoms with Gasteiger partial charge >= 0.3 is 0 Å². The smallest absolute Gasteiger partial charge is 0.246 e. The molecule has 0 aliphatic carbocycles. The van der Waals surface area contributed by atoms with Crippen molar-refractivity contribution in [2.75, 3.05) is 36.4 Å². The van der Waals surface area contributed by atoms with E-state index in [1.54, 1.807) is 17.4 Å². The van der Waals surface area contributed by atoms with Crippen molar-refractivity contribution in [2.24, 2.45) is 0 Å². The number of aryl methyl sites for hydroxylation is 1. The Balaban J connectivity index is 1.31. The Bertz CT molecular complexity index is 979. The number of nitrogens with one attached hydrogen (secondary N) is 1. The van der Waals surface area contributed by atoms with E-state index in [9.17, 15) is 4.79 Å². The third-order valence-corrected chi connectivity index (χ3v) is 5.48. The molecule has 7 nitrogen and oxygen atoms in total. The van der Waals surface area contributed by atoms with E-state index in [4.69, 9.17) is 0 Å². The number of carbonyl (C=O) groups excluding carboxylic acids is 1. The van der Waals surface area contributed by atoms with Crippen molar-refractivity contribution >= 4 is 40.8 Å². The standard InChI is InChI=1S/C21H22N6OS/c1-16-4-2-6-18(22-16)23-19-8-9-20(25-24-19)26-11-13-27(14-12-26)21(28)10-7-17-5-3-15-29-17/h2-10,15H,11-14H2,1H3,(H,22,23,24)/b10-7+. The lowest BCUT2D eigenvalue weighted by Crippen LogP contribution is -2.48. The molecule has 0 radical (unpaired) electrons. The average Bonchev–Trinajstić information content (AvgIpc) is 3.26. The van der Waals surface area contributed by atoms with Crippen molar-refractivity contribution in [3.63, 3.8) is 0 Å². The zero-order valence-corrected chi connectivity index (χ0v) is 17.0. The zero-order valence-electron chi connectivity index (χ0n) is 16.2. The van der Waals surface area contributed by atoms with Crippen molar-refractivity contribution < 1.29 is 4.79 Å². The van der Waals surface area contributed by atoms with Crippen LogP contribution in [-0.2, 0) is 4.79 Å². The van der Waals surface area contributed by atoms with Crippen LogP contribution >= 0.6 is 11.3 Å². The Hall–Kier alpha value is -3.26. The highest BCUT2D eigenvalue weighted by Gasteiger charge is 2.20. The lowest BCUT2D eigenvalue weighted by molar-refractivity contribution is -0.126. The molecule has 1 N–H and O–H groups in total. The van der Waals surface area contributed by atoms with Crippen LogP contribution in [0.3, 0.4) is 0 Å². The van der Waals surface area contributed by atoms with E-state index < -0.39 is 0 Å². The molecule has 8 heteroatoms. The molecule has 0 bridgehead atoms. The van der Waals surface area contributed by atoms with Crippen LogP contribution in [0.2, 0.25) is 0 Å². The molecule has 3 aromatic rings. The normalized spacial score (nSPS) is 14.4. The minimum Gasteiger partial charge on any atom is -0.352 e. The Kier molecular flexibility index (Phi) is 5.81. The van der Waals surface area contributed by atoms with E-state index in [1.165, 1.54) is 0 Å². The Morgan fingerprint density at radius 2 is 1.90 bits per heavy atom. The largest absolute Gasteiger partial charge is 0.352 e. The maximum Gasteiger partial charge on any atom is 0.246 e. The number of carbonyl (C=O) groups is 1. The second-order valence-corrected chi connectivity index (χ2v) is 7.71. The van der Waals surface area contributed by atoms with E-state index in [2.05, 4.69) is 25.4 Å². The van der Waals surface area contributed by atoms with Crippen molar-refractivity contribution in [3.05, 3.63) is 64.5 Å². The second-order valence-electron chi connectivity index (χ2n) is 6.73. The molecule has 29 heavy (non-hydrogen) atoms. The van der Waals surface area contributed by atoms with Gasteiger partial charge < -0.3 is 15.1 Å². The number of piperazine rings is 1. The van der Waals surface area contributed by atoms with Gasteiger partial charge in [0.25, 0.3) is 0 Å². The second kappa shape index (κ2) is 8.83. The Morgan fingerprint density at radius 1 is 1.03 bits per heavy atom. The summed E-state index contributed by atoms with van der Waals surface area (Å²) >= 11 is 1.62. The Labute approximate surface area is 173 Å². The van der Waals surface area contributed by atoms with Crippen LogP contribution in [0.25, 0.3) is 6.08 Å². The summed E-state index contributed by atoms with van der Waals surface area (Å²) in [4.78, 5) is 21.9. The van der Waals surface area contributed by atoms with Crippen LogP contribution in [0.15, 0.2) is 53.9 Å². The van der Waals surface area contributed by atoms with Crippen molar-refractivity contribution in [1.29, 1.82) is 0 Å². The third kappa shape index (κ3) is 4.97. The molecule has 1 aliphatic rings. The molecule has 0 aromatic carbocycles. The third-order valence-electron chi connectivity index (χ3n) is 4.64. The molecular formula is C21H22N6OS. The zero-order chi connectivity index (χ0) is 20.1. The summed E-state index contributed by atoms with van der Waals surface area (Å²) in [6.45, 7) is 4.76. The quantitative estimate of drug-likeness (QED) is 0.655. The van der Waals surface area contributed by atoms with Gasteiger partial charge in [0.2, 0.25) is 5.91 Å². The topological polar surface area (TPSA) is 74.2 Å². The molecular weight excluding hydrogens is 384 g/mol.